The van der Waals surface area contributed by atoms with Crippen LogP contribution in [-0.4, -0.2) is 36.6 Å². The number of esters is 1. The lowest BCUT2D eigenvalue weighted by Gasteiger charge is -2.08. The molecule has 0 aliphatic heterocycles. The molecular formula is C19H16BrNO5S. The summed E-state index contributed by atoms with van der Waals surface area (Å²) in [5.41, 5.74) is 1.44. The van der Waals surface area contributed by atoms with E-state index in [9.17, 15) is 18.0 Å². The summed E-state index contributed by atoms with van der Waals surface area (Å²) in [6, 6.07) is 11.0. The molecule has 0 atom stereocenters. The Bertz CT molecular complexity index is 1150. The van der Waals surface area contributed by atoms with E-state index in [0.29, 0.717) is 0 Å². The summed E-state index contributed by atoms with van der Waals surface area (Å²) < 4.78 is 32.1. The van der Waals surface area contributed by atoms with E-state index in [1.807, 2.05) is 6.92 Å². The molecule has 0 saturated heterocycles. The lowest BCUT2D eigenvalue weighted by molar-refractivity contribution is 0.0603. The maximum absolute atomic E-state index is 13.2. The zero-order valence-electron chi connectivity index (χ0n) is 14.6. The van der Waals surface area contributed by atoms with E-state index < -0.39 is 16.0 Å². The summed E-state index contributed by atoms with van der Waals surface area (Å²) in [5.74, 6) is -0.982. The number of benzene rings is 2. The smallest absolute Gasteiger partial charge is 0.338 e. The predicted octanol–water partition coefficient (Wildman–Crippen LogP) is 3.55. The standard InChI is InChI=1S/C19H16BrNO5S/c1-12-6-8-13(9-7-12)27(24,25)21-11-15(17(22)10-20)18-14(19(23)26-2)4-3-5-16(18)21/h3-9,11H,10H2,1-2H3. The zero-order valence-corrected chi connectivity index (χ0v) is 17.0. The lowest BCUT2D eigenvalue weighted by Crippen LogP contribution is -2.12. The van der Waals surface area contributed by atoms with Crippen molar-refractivity contribution in [2.24, 2.45) is 0 Å². The third kappa shape index (κ3) is 3.30. The van der Waals surface area contributed by atoms with Gasteiger partial charge in [0.2, 0.25) is 0 Å². The maximum Gasteiger partial charge on any atom is 0.338 e. The topological polar surface area (TPSA) is 82.4 Å². The second-order valence-corrected chi connectivity index (χ2v) is 8.28. The average Bonchev–Trinajstić information content (AvgIpc) is 3.07. The molecule has 0 N–H and O–H groups in total. The lowest BCUT2D eigenvalue weighted by atomic mass is 10.0. The first-order valence-corrected chi connectivity index (χ1v) is 10.5. The van der Waals surface area contributed by atoms with Crippen molar-refractivity contribution in [3.63, 3.8) is 0 Å². The number of ether oxygens (including phenoxy) is 1. The third-order valence-corrected chi connectivity index (χ3v) is 6.40. The number of alkyl halides is 1. The highest BCUT2D eigenvalue weighted by atomic mass is 79.9. The first-order valence-electron chi connectivity index (χ1n) is 7.95. The van der Waals surface area contributed by atoms with Crippen LogP contribution >= 0.6 is 15.9 Å². The minimum absolute atomic E-state index is 0.00774. The van der Waals surface area contributed by atoms with Gasteiger partial charge in [-0.25, -0.2) is 17.2 Å². The molecule has 0 radical (unpaired) electrons. The van der Waals surface area contributed by atoms with Gasteiger partial charge in [-0.3, -0.25) is 4.79 Å². The summed E-state index contributed by atoms with van der Waals surface area (Å²) in [5, 5.41) is 0.246. The molecule has 3 rings (SSSR count). The van der Waals surface area contributed by atoms with Gasteiger partial charge < -0.3 is 4.74 Å². The van der Waals surface area contributed by atoms with Gasteiger partial charge in [-0.2, -0.15) is 0 Å². The number of ketones is 1. The van der Waals surface area contributed by atoms with Crippen molar-refractivity contribution >= 4 is 48.6 Å². The number of rotatable bonds is 5. The highest BCUT2D eigenvalue weighted by molar-refractivity contribution is 9.09. The minimum atomic E-state index is -3.96. The molecule has 27 heavy (non-hydrogen) atoms. The Morgan fingerprint density at radius 2 is 1.74 bits per heavy atom. The number of aryl methyl sites for hydroxylation is 1. The van der Waals surface area contributed by atoms with Crippen molar-refractivity contribution in [2.75, 3.05) is 12.4 Å². The minimum Gasteiger partial charge on any atom is -0.465 e. The molecule has 1 heterocycles. The van der Waals surface area contributed by atoms with E-state index in [-0.39, 0.29) is 38.0 Å². The van der Waals surface area contributed by atoms with E-state index >= 15 is 0 Å². The normalized spacial score (nSPS) is 11.5. The molecule has 0 amide bonds. The van der Waals surface area contributed by atoms with E-state index in [0.717, 1.165) is 9.54 Å². The van der Waals surface area contributed by atoms with Gasteiger partial charge >= 0.3 is 5.97 Å². The predicted molar refractivity (Wildman–Crippen MR) is 105 cm³/mol. The number of carbonyl (C=O) groups is 2. The molecule has 0 saturated carbocycles. The Labute approximate surface area is 164 Å². The van der Waals surface area contributed by atoms with Crippen LogP contribution in [0.3, 0.4) is 0 Å². The van der Waals surface area contributed by atoms with Crippen molar-refractivity contribution < 1.29 is 22.7 Å². The molecule has 1 aromatic heterocycles. The average molecular weight is 450 g/mol. The van der Waals surface area contributed by atoms with Gasteiger partial charge in [0.05, 0.1) is 28.4 Å². The third-order valence-electron chi connectivity index (χ3n) is 4.20. The Morgan fingerprint density at radius 1 is 1.07 bits per heavy atom. The van der Waals surface area contributed by atoms with Gasteiger partial charge in [-0.1, -0.05) is 39.7 Å². The fourth-order valence-corrected chi connectivity index (χ4v) is 4.51. The number of methoxy groups -OCH3 is 1. The van der Waals surface area contributed by atoms with E-state index in [1.165, 1.54) is 31.5 Å². The highest BCUT2D eigenvalue weighted by Crippen LogP contribution is 2.30. The van der Waals surface area contributed by atoms with Crippen LogP contribution in [0, 0.1) is 6.92 Å². The van der Waals surface area contributed by atoms with Crippen LogP contribution < -0.4 is 0 Å². The summed E-state index contributed by atoms with van der Waals surface area (Å²) in [4.78, 5) is 24.6. The van der Waals surface area contributed by atoms with Crippen LogP contribution in [0.5, 0.6) is 0 Å². The number of carbonyl (C=O) groups excluding carboxylic acids is 2. The Kier molecular flexibility index (Phi) is 5.21. The first kappa shape index (κ1) is 19.3. The molecule has 0 fully saturated rings. The largest absolute Gasteiger partial charge is 0.465 e. The van der Waals surface area contributed by atoms with Gasteiger partial charge in [-0.15, -0.1) is 0 Å². The molecule has 0 unspecified atom stereocenters. The molecule has 0 bridgehead atoms. The highest BCUT2D eigenvalue weighted by Gasteiger charge is 2.26. The number of halogens is 1. The SMILES string of the molecule is COC(=O)c1cccc2c1c(C(=O)CBr)cn2S(=O)(=O)c1ccc(C)cc1. The molecule has 2 aromatic carbocycles. The van der Waals surface area contributed by atoms with Crippen molar-refractivity contribution in [2.45, 2.75) is 11.8 Å². The fraction of sp³-hybridized carbons (Fsp3) is 0.158. The second-order valence-electron chi connectivity index (χ2n) is 5.90. The Balaban J connectivity index is 2.36. The maximum atomic E-state index is 13.2. The molecular weight excluding hydrogens is 434 g/mol. The quantitative estimate of drug-likeness (QED) is 0.337. The van der Waals surface area contributed by atoms with E-state index in [4.69, 9.17) is 4.74 Å². The number of Topliss-reactive ketones (excluding diaryl/α,β-unsaturated/α-hetero) is 1. The van der Waals surface area contributed by atoms with E-state index in [2.05, 4.69) is 15.9 Å². The summed E-state index contributed by atoms with van der Waals surface area (Å²) in [6.45, 7) is 1.86. The molecule has 0 aliphatic rings. The van der Waals surface area contributed by atoms with Crippen LogP contribution in [0.2, 0.25) is 0 Å². The first-order chi connectivity index (χ1) is 12.8. The van der Waals surface area contributed by atoms with Crippen molar-refractivity contribution in [3.8, 4) is 0 Å². The van der Waals surface area contributed by atoms with Crippen molar-refractivity contribution in [1.82, 2.24) is 3.97 Å². The van der Waals surface area contributed by atoms with Crippen LogP contribution in [0.4, 0.5) is 0 Å². The van der Waals surface area contributed by atoms with Gasteiger partial charge in [0.25, 0.3) is 10.0 Å². The van der Waals surface area contributed by atoms with Crippen LogP contribution in [0.1, 0.15) is 26.3 Å². The second kappa shape index (κ2) is 7.28. The molecule has 8 heteroatoms. The number of aromatic nitrogens is 1. The van der Waals surface area contributed by atoms with Crippen LogP contribution in [-0.2, 0) is 14.8 Å². The van der Waals surface area contributed by atoms with E-state index in [1.54, 1.807) is 24.3 Å². The summed E-state index contributed by atoms with van der Waals surface area (Å²) in [7, 11) is -2.73. The Hall–Kier alpha value is -2.45. The number of nitrogens with zero attached hydrogens (tertiary/aromatic N) is 1. The van der Waals surface area contributed by atoms with Crippen molar-refractivity contribution in [3.05, 3.63) is 65.4 Å². The number of hydrogen-bond donors (Lipinski definition) is 0. The fourth-order valence-electron chi connectivity index (χ4n) is 2.84. The van der Waals surface area contributed by atoms with Crippen molar-refractivity contribution in [1.29, 1.82) is 0 Å². The summed E-state index contributed by atoms with van der Waals surface area (Å²) >= 11 is 3.10. The van der Waals surface area contributed by atoms with Gasteiger partial charge in [0.1, 0.15) is 0 Å². The zero-order chi connectivity index (χ0) is 19.8. The number of fused-ring (bicyclic) bond motifs is 1. The molecule has 0 aliphatic carbocycles. The van der Waals surface area contributed by atoms with Crippen LogP contribution in [0.25, 0.3) is 10.9 Å². The van der Waals surface area contributed by atoms with Gasteiger partial charge in [-0.05, 0) is 31.2 Å². The summed E-state index contributed by atoms with van der Waals surface area (Å²) in [6.07, 6.45) is 1.26. The molecule has 140 valence electrons. The molecule has 6 nitrogen and oxygen atoms in total. The monoisotopic (exact) mass is 449 g/mol. The van der Waals surface area contributed by atoms with Gasteiger partial charge in [0, 0.05) is 17.1 Å². The Morgan fingerprint density at radius 3 is 2.33 bits per heavy atom. The number of hydrogen-bond acceptors (Lipinski definition) is 5. The molecule has 0 spiro atoms. The van der Waals surface area contributed by atoms with Crippen LogP contribution in [0.15, 0.2) is 53.6 Å². The van der Waals surface area contributed by atoms with Gasteiger partial charge in [0.15, 0.2) is 5.78 Å². The molecule has 3 aromatic rings.